The van der Waals surface area contributed by atoms with E-state index in [9.17, 15) is 0 Å². The van der Waals surface area contributed by atoms with Gasteiger partial charge in [-0.3, -0.25) is 0 Å². The van der Waals surface area contributed by atoms with Gasteiger partial charge in [-0.2, -0.15) is 0 Å². The molecule has 0 spiro atoms. The molecule has 0 saturated carbocycles. The van der Waals surface area contributed by atoms with Crippen molar-refractivity contribution in [1.29, 1.82) is 0 Å². The second-order valence-electron chi connectivity index (χ2n) is 3.88. The second-order valence-corrected chi connectivity index (χ2v) is 6.09. The standard InChI is InChI=1S/C14H13BrN2S2/c1-19-12-7-3-6-11(13(12)14(16)18)17-10-5-2-4-9(15)8-10/h2-8,17H,1H3,(H2,16,18). The molecule has 0 fully saturated rings. The molecule has 98 valence electrons. The van der Waals surface area contributed by atoms with Crippen LogP contribution in [0.4, 0.5) is 11.4 Å². The summed E-state index contributed by atoms with van der Waals surface area (Å²) in [6.45, 7) is 0. The third-order valence-corrected chi connectivity index (χ3v) is 4.07. The largest absolute Gasteiger partial charge is 0.389 e. The summed E-state index contributed by atoms with van der Waals surface area (Å²) >= 11 is 10.3. The lowest BCUT2D eigenvalue weighted by molar-refractivity contribution is 1.39. The molecule has 2 rings (SSSR count). The molecule has 0 unspecified atom stereocenters. The van der Waals surface area contributed by atoms with E-state index in [4.69, 9.17) is 18.0 Å². The number of benzene rings is 2. The minimum absolute atomic E-state index is 0.405. The number of halogens is 1. The predicted octanol–water partition coefficient (Wildman–Crippen LogP) is 4.55. The molecule has 2 aromatic rings. The van der Waals surface area contributed by atoms with E-state index in [0.29, 0.717) is 4.99 Å². The summed E-state index contributed by atoms with van der Waals surface area (Å²) in [6.07, 6.45) is 2.01. The SMILES string of the molecule is CSc1cccc(Nc2cccc(Br)c2)c1C(N)=S. The normalized spacial score (nSPS) is 10.2. The Morgan fingerprint density at radius 3 is 2.63 bits per heavy atom. The van der Waals surface area contributed by atoms with Crippen molar-refractivity contribution in [2.45, 2.75) is 4.90 Å². The molecular weight excluding hydrogens is 340 g/mol. The van der Waals surface area contributed by atoms with Crippen LogP contribution in [0.1, 0.15) is 5.56 Å². The van der Waals surface area contributed by atoms with E-state index >= 15 is 0 Å². The Bertz CT molecular complexity index is 614. The second kappa shape index (κ2) is 6.41. The molecule has 0 aliphatic carbocycles. The van der Waals surface area contributed by atoms with Crippen molar-refractivity contribution < 1.29 is 0 Å². The minimum Gasteiger partial charge on any atom is -0.389 e. The van der Waals surface area contributed by atoms with Crippen molar-refractivity contribution >= 4 is 56.3 Å². The Hall–Kier alpha value is -1.04. The molecule has 0 atom stereocenters. The van der Waals surface area contributed by atoms with Gasteiger partial charge in [-0.25, -0.2) is 0 Å². The van der Waals surface area contributed by atoms with E-state index in [2.05, 4.69) is 21.2 Å². The summed E-state index contributed by atoms with van der Waals surface area (Å²) in [7, 11) is 0. The topological polar surface area (TPSA) is 38.0 Å². The summed E-state index contributed by atoms with van der Waals surface area (Å²) in [6, 6.07) is 14.0. The van der Waals surface area contributed by atoms with Gasteiger partial charge in [0.1, 0.15) is 4.99 Å². The number of nitrogens with one attached hydrogen (secondary N) is 1. The quantitative estimate of drug-likeness (QED) is 0.625. The number of hydrogen-bond donors (Lipinski definition) is 2. The molecule has 19 heavy (non-hydrogen) atoms. The molecule has 3 N–H and O–H groups in total. The third-order valence-electron chi connectivity index (χ3n) is 2.60. The third kappa shape index (κ3) is 3.49. The predicted molar refractivity (Wildman–Crippen MR) is 91.5 cm³/mol. The van der Waals surface area contributed by atoms with Crippen LogP contribution in [0.15, 0.2) is 51.8 Å². The van der Waals surface area contributed by atoms with E-state index in [1.807, 2.05) is 48.7 Å². The molecule has 0 saturated heterocycles. The number of hydrogen-bond acceptors (Lipinski definition) is 3. The van der Waals surface area contributed by atoms with Gasteiger partial charge in [0.05, 0.1) is 0 Å². The smallest absolute Gasteiger partial charge is 0.107 e. The van der Waals surface area contributed by atoms with Crippen LogP contribution in [0.3, 0.4) is 0 Å². The maximum atomic E-state index is 5.84. The summed E-state index contributed by atoms with van der Waals surface area (Å²) in [5.74, 6) is 0. The highest BCUT2D eigenvalue weighted by atomic mass is 79.9. The minimum atomic E-state index is 0.405. The van der Waals surface area contributed by atoms with Crippen LogP contribution in [0, 0.1) is 0 Å². The van der Waals surface area contributed by atoms with Crippen molar-refractivity contribution in [1.82, 2.24) is 0 Å². The zero-order valence-corrected chi connectivity index (χ0v) is 13.5. The Labute approximate surface area is 130 Å². The first-order valence-corrected chi connectivity index (χ1v) is 8.04. The zero-order valence-electron chi connectivity index (χ0n) is 10.3. The van der Waals surface area contributed by atoms with E-state index in [1.54, 1.807) is 11.8 Å². The molecule has 0 radical (unpaired) electrons. The van der Waals surface area contributed by atoms with Gasteiger partial charge in [0, 0.05) is 26.3 Å². The van der Waals surface area contributed by atoms with E-state index < -0.39 is 0 Å². The number of rotatable bonds is 4. The summed E-state index contributed by atoms with van der Waals surface area (Å²) < 4.78 is 1.02. The van der Waals surface area contributed by atoms with Crippen LogP contribution < -0.4 is 11.1 Å². The van der Waals surface area contributed by atoms with Crippen LogP contribution in [0.5, 0.6) is 0 Å². The van der Waals surface area contributed by atoms with Gasteiger partial charge in [-0.15, -0.1) is 11.8 Å². The van der Waals surface area contributed by atoms with E-state index in [-0.39, 0.29) is 0 Å². The molecular formula is C14H13BrN2S2. The van der Waals surface area contributed by atoms with Gasteiger partial charge in [0.15, 0.2) is 0 Å². The average Bonchev–Trinajstić information content (AvgIpc) is 2.38. The Kier molecular flexibility index (Phi) is 4.85. The Morgan fingerprint density at radius 1 is 1.26 bits per heavy atom. The lowest BCUT2D eigenvalue weighted by Crippen LogP contribution is -2.13. The van der Waals surface area contributed by atoms with Gasteiger partial charge in [0.25, 0.3) is 0 Å². The number of thiocarbonyl (C=S) groups is 1. The first kappa shape index (κ1) is 14.4. The van der Waals surface area contributed by atoms with Crippen LogP contribution in [0.2, 0.25) is 0 Å². The lowest BCUT2D eigenvalue weighted by atomic mass is 10.1. The van der Waals surface area contributed by atoms with Gasteiger partial charge in [0.2, 0.25) is 0 Å². The van der Waals surface area contributed by atoms with Gasteiger partial charge >= 0.3 is 0 Å². The fraction of sp³-hybridized carbons (Fsp3) is 0.0714. The van der Waals surface area contributed by atoms with Crippen molar-refractivity contribution in [3.63, 3.8) is 0 Å². The first-order chi connectivity index (χ1) is 9.11. The fourth-order valence-corrected chi connectivity index (χ4v) is 3.10. The number of anilines is 2. The lowest BCUT2D eigenvalue weighted by Gasteiger charge is -2.14. The molecule has 0 aromatic heterocycles. The molecule has 2 aromatic carbocycles. The Morgan fingerprint density at radius 2 is 2.00 bits per heavy atom. The van der Waals surface area contributed by atoms with Crippen molar-refractivity contribution in [3.8, 4) is 0 Å². The van der Waals surface area contributed by atoms with Gasteiger partial charge in [-0.1, -0.05) is 40.3 Å². The monoisotopic (exact) mass is 352 g/mol. The molecule has 0 bridgehead atoms. The number of nitrogens with two attached hydrogens (primary N) is 1. The maximum absolute atomic E-state index is 5.84. The van der Waals surface area contributed by atoms with Crippen molar-refractivity contribution in [2.75, 3.05) is 11.6 Å². The average molecular weight is 353 g/mol. The Balaban J connectivity index is 2.42. The first-order valence-electron chi connectivity index (χ1n) is 5.61. The zero-order chi connectivity index (χ0) is 13.8. The molecule has 5 heteroatoms. The molecule has 0 aliphatic heterocycles. The van der Waals surface area contributed by atoms with E-state index in [0.717, 1.165) is 26.3 Å². The van der Waals surface area contributed by atoms with Crippen molar-refractivity contribution in [3.05, 3.63) is 52.5 Å². The highest BCUT2D eigenvalue weighted by Gasteiger charge is 2.10. The highest BCUT2D eigenvalue weighted by Crippen LogP contribution is 2.29. The molecule has 2 nitrogen and oxygen atoms in total. The summed E-state index contributed by atoms with van der Waals surface area (Å²) in [5, 5.41) is 3.36. The summed E-state index contributed by atoms with van der Waals surface area (Å²) in [4.78, 5) is 1.48. The fourth-order valence-electron chi connectivity index (χ4n) is 1.78. The van der Waals surface area contributed by atoms with Crippen LogP contribution in [-0.2, 0) is 0 Å². The van der Waals surface area contributed by atoms with Gasteiger partial charge < -0.3 is 11.1 Å². The molecule has 0 aliphatic rings. The number of thioether (sulfide) groups is 1. The maximum Gasteiger partial charge on any atom is 0.107 e. The van der Waals surface area contributed by atoms with E-state index in [1.165, 1.54) is 0 Å². The van der Waals surface area contributed by atoms with Gasteiger partial charge in [-0.05, 0) is 36.6 Å². The highest BCUT2D eigenvalue weighted by molar-refractivity contribution is 9.10. The molecule has 0 heterocycles. The van der Waals surface area contributed by atoms with Crippen LogP contribution in [0.25, 0.3) is 0 Å². The molecule has 0 amide bonds. The summed E-state index contributed by atoms with van der Waals surface area (Å²) in [5.41, 5.74) is 8.66. The van der Waals surface area contributed by atoms with Crippen LogP contribution >= 0.6 is 39.9 Å². The van der Waals surface area contributed by atoms with Crippen molar-refractivity contribution in [2.24, 2.45) is 5.73 Å². The van der Waals surface area contributed by atoms with Crippen LogP contribution in [-0.4, -0.2) is 11.2 Å².